The minimum atomic E-state index is -0.207. The van der Waals surface area contributed by atoms with Crippen molar-refractivity contribution >= 4 is 45.3 Å². The fourth-order valence-corrected chi connectivity index (χ4v) is 7.15. The minimum absolute atomic E-state index is 0.205. The number of nitrogens with zero attached hydrogens (tertiary/aromatic N) is 4. The summed E-state index contributed by atoms with van der Waals surface area (Å²) in [6.07, 6.45) is 3.09. The molecule has 0 radical (unpaired) electrons. The summed E-state index contributed by atoms with van der Waals surface area (Å²) >= 11 is 13.4. The summed E-state index contributed by atoms with van der Waals surface area (Å²) in [5.74, 6) is 1.19. The topological polar surface area (TPSA) is 152 Å². The molecule has 0 bridgehead atoms. The molecule has 0 aliphatic carbocycles. The quantitative estimate of drug-likeness (QED) is 0.179. The van der Waals surface area contributed by atoms with E-state index in [-0.39, 0.29) is 26.5 Å². The number of halogens is 2. The number of H-pyrrole nitrogens is 2. The summed E-state index contributed by atoms with van der Waals surface area (Å²) in [5.41, 5.74) is 7.06. The van der Waals surface area contributed by atoms with Crippen LogP contribution in [-0.4, -0.2) is 19.9 Å². The van der Waals surface area contributed by atoms with Gasteiger partial charge in [0.1, 0.15) is 34.9 Å². The maximum atomic E-state index is 12.9. The molecule has 53 heavy (non-hydrogen) atoms. The second-order valence-corrected chi connectivity index (χ2v) is 13.3. The Morgan fingerprint density at radius 2 is 1.21 bits per heavy atom. The highest BCUT2D eigenvalue weighted by Crippen LogP contribution is 2.41. The van der Waals surface area contributed by atoms with Gasteiger partial charge in [-0.2, -0.15) is 10.5 Å². The van der Waals surface area contributed by atoms with E-state index in [0.717, 1.165) is 0 Å². The van der Waals surface area contributed by atoms with Gasteiger partial charge in [-0.15, -0.1) is 0 Å². The zero-order valence-corrected chi connectivity index (χ0v) is 29.5. The molecule has 0 aliphatic rings. The van der Waals surface area contributed by atoms with Gasteiger partial charge in [0.05, 0.1) is 37.6 Å². The van der Waals surface area contributed by atoms with Crippen LogP contribution in [0.15, 0.2) is 111 Å². The summed E-state index contributed by atoms with van der Waals surface area (Å²) in [6, 6.07) is 29.0. The average Bonchev–Trinajstić information content (AvgIpc) is 3.59. The number of furan rings is 1. The number of aromatic nitrogens is 4. The van der Waals surface area contributed by atoms with Crippen LogP contribution in [0.2, 0.25) is 10.0 Å². The highest BCUT2D eigenvalue weighted by molar-refractivity contribution is 6.33. The van der Waals surface area contributed by atoms with Crippen LogP contribution in [0, 0.1) is 36.5 Å². The van der Waals surface area contributed by atoms with Crippen molar-refractivity contribution in [1.82, 2.24) is 19.9 Å². The summed E-state index contributed by atoms with van der Waals surface area (Å²) in [7, 11) is 0. The van der Waals surface area contributed by atoms with Gasteiger partial charge in [-0.05, 0) is 90.7 Å². The van der Waals surface area contributed by atoms with Crippen LogP contribution in [0.3, 0.4) is 0 Å². The Morgan fingerprint density at radius 1 is 0.623 bits per heavy atom. The van der Waals surface area contributed by atoms with E-state index in [0.29, 0.717) is 95.0 Å². The maximum absolute atomic E-state index is 12.9. The monoisotopic (exact) mass is 730 g/mol. The van der Waals surface area contributed by atoms with Gasteiger partial charge in [0.25, 0.3) is 0 Å². The number of aromatic amines is 2. The van der Waals surface area contributed by atoms with E-state index >= 15 is 0 Å². The van der Waals surface area contributed by atoms with Crippen LogP contribution < -0.4 is 10.9 Å². The van der Waals surface area contributed by atoms with E-state index in [4.69, 9.17) is 37.6 Å². The standard InChI is InChI=1S/C42H24Cl2N6O3/c1-21-12-25(15-34(43)32(21)19-45)28-17-30-36(51)8-10-47-41(30)49-39(28)24-5-3-4-23(13-24)27-14-26(16-35(44)33(27)20-46)29-18-31-37(52)9-11-48-42(31)50-40(29)38-7-6-22(2)53-38/h3-18H,1-2H3,(H,47,49,51)(H,48,50,52). The van der Waals surface area contributed by atoms with Crippen molar-refractivity contribution in [3.63, 3.8) is 0 Å². The molecule has 0 aliphatic heterocycles. The predicted octanol–water partition coefficient (Wildman–Crippen LogP) is 9.75. The number of pyridine rings is 4. The van der Waals surface area contributed by atoms with Crippen molar-refractivity contribution in [3.8, 4) is 68.2 Å². The number of hydrogen-bond acceptors (Lipinski definition) is 7. The Bertz CT molecular complexity index is 3020. The molecule has 0 unspecified atom stereocenters. The highest BCUT2D eigenvalue weighted by Gasteiger charge is 2.21. The molecule has 0 saturated carbocycles. The van der Waals surface area contributed by atoms with Gasteiger partial charge in [-0.25, -0.2) is 9.97 Å². The summed E-state index contributed by atoms with van der Waals surface area (Å²) in [4.78, 5) is 41.7. The van der Waals surface area contributed by atoms with E-state index in [2.05, 4.69) is 22.1 Å². The number of benzene rings is 3. The van der Waals surface area contributed by atoms with E-state index < -0.39 is 0 Å². The van der Waals surface area contributed by atoms with Crippen molar-refractivity contribution in [3.05, 3.63) is 150 Å². The Kier molecular flexibility index (Phi) is 8.24. The van der Waals surface area contributed by atoms with Crippen LogP contribution in [0.4, 0.5) is 0 Å². The van der Waals surface area contributed by atoms with Crippen molar-refractivity contribution < 1.29 is 4.42 Å². The Hall–Kier alpha value is -6.78. The van der Waals surface area contributed by atoms with Crippen molar-refractivity contribution in [2.24, 2.45) is 0 Å². The zero-order chi connectivity index (χ0) is 37.0. The van der Waals surface area contributed by atoms with Gasteiger partial charge in [-0.3, -0.25) is 9.59 Å². The first-order valence-electron chi connectivity index (χ1n) is 16.3. The van der Waals surface area contributed by atoms with Gasteiger partial charge in [0.15, 0.2) is 16.6 Å². The van der Waals surface area contributed by atoms with Gasteiger partial charge < -0.3 is 14.4 Å². The third-order valence-electron chi connectivity index (χ3n) is 9.13. The fraction of sp³-hybridized carbons (Fsp3) is 0.0476. The van der Waals surface area contributed by atoms with Gasteiger partial charge >= 0.3 is 0 Å². The molecule has 2 N–H and O–H groups in total. The number of nitriles is 2. The van der Waals surface area contributed by atoms with Crippen molar-refractivity contribution in [2.75, 3.05) is 0 Å². The molecule has 3 aromatic carbocycles. The molecule has 5 heterocycles. The molecule has 11 heteroatoms. The number of aryl methyl sites for hydroxylation is 2. The third kappa shape index (κ3) is 5.84. The smallest absolute Gasteiger partial charge is 0.191 e. The first kappa shape index (κ1) is 33.4. The van der Waals surface area contributed by atoms with E-state index in [1.807, 2.05) is 55.5 Å². The molecule has 8 aromatic rings. The van der Waals surface area contributed by atoms with Gasteiger partial charge in [0.2, 0.25) is 0 Å². The fourth-order valence-electron chi connectivity index (χ4n) is 6.58. The first-order valence-corrected chi connectivity index (χ1v) is 17.1. The lowest BCUT2D eigenvalue weighted by Crippen LogP contribution is -2.04. The molecule has 0 saturated heterocycles. The maximum Gasteiger partial charge on any atom is 0.191 e. The Labute approximate surface area is 311 Å². The molecular formula is C42H24Cl2N6O3. The molecule has 0 atom stereocenters. The van der Waals surface area contributed by atoms with Crippen LogP contribution in [0.5, 0.6) is 0 Å². The number of fused-ring (bicyclic) bond motifs is 2. The largest absolute Gasteiger partial charge is 0.460 e. The lowest BCUT2D eigenvalue weighted by molar-refractivity contribution is 0.547. The Morgan fingerprint density at radius 3 is 1.81 bits per heavy atom. The predicted molar refractivity (Wildman–Crippen MR) is 207 cm³/mol. The lowest BCUT2D eigenvalue weighted by Gasteiger charge is -2.16. The molecule has 8 rings (SSSR count). The number of rotatable bonds is 5. The molecule has 0 fully saturated rings. The molecule has 9 nitrogen and oxygen atoms in total. The zero-order valence-electron chi connectivity index (χ0n) is 28.0. The van der Waals surface area contributed by atoms with Crippen LogP contribution >= 0.6 is 23.2 Å². The number of nitrogens with one attached hydrogen (secondary N) is 2. The summed E-state index contributed by atoms with van der Waals surface area (Å²) in [6.45, 7) is 3.63. The van der Waals surface area contributed by atoms with E-state index in [1.165, 1.54) is 12.1 Å². The van der Waals surface area contributed by atoms with Crippen molar-refractivity contribution in [2.45, 2.75) is 13.8 Å². The Balaban J connectivity index is 1.36. The molecule has 0 spiro atoms. The van der Waals surface area contributed by atoms with Gasteiger partial charge in [-0.1, -0.05) is 41.4 Å². The second kappa shape index (κ2) is 13.1. The molecule has 5 aromatic heterocycles. The lowest BCUT2D eigenvalue weighted by atomic mass is 9.91. The van der Waals surface area contributed by atoms with Gasteiger partial charge in [0, 0.05) is 46.8 Å². The first-order chi connectivity index (χ1) is 25.6. The summed E-state index contributed by atoms with van der Waals surface area (Å²) < 4.78 is 5.99. The summed E-state index contributed by atoms with van der Waals surface area (Å²) in [5, 5.41) is 21.3. The SMILES string of the molecule is Cc1ccc(-c2nc3[nH]ccc(=O)c3cc2-c2cc(Cl)c(C#N)c(-c3cccc(-c4nc5[nH]ccc(=O)c5cc4-c4cc(C)c(C#N)c(Cl)c4)c3)c2)o1. The van der Waals surface area contributed by atoms with E-state index in [9.17, 15) is 20.1 Å². The molecular weight excluding hydrogens is 707 g/mol. The van der Waals surface area contributed by atoms with Crippen LogP contribution in [-0.2, 0) is 0 Å². The highest BCUT2D eigenvalue weighted by atomic mass is 35.5. The number of hydrogen-bond donors (Lipinski definition) is 2. The van der Waals surface area contributed by atoms with Crippen LogP contribution in [0.1, 0.15) is 22.5 Å². The van der Waals surface area contributed by atoms with Crippen LogP contribution in [0.25, 0.3) is 78.2 Å². The third-order valence-corrected chi connectivity index (χ3v) is 9.73. The normalized spacial score (nSPS) is 11.1. The molecule has 254 valence electrons. The van der Waals surface area contributed by atoms with E-state index in [1.54, 1.807) is 43.6 Å². The minimum Gasteiger partial charge on any atom is -0.460 e. The average molecular weight is 732 g/mol. The molecule has 0 amide bonds. The second-order valence-electron chi connectivity index (χ2n) is 12.5. The van der Waals surface area contributed by atoms with Crippen molar-refractivity contribution in [1.29, 1.82) is 10.5 Å².